The first-order valence-corrected chi connectivity index (χ1v) is 10.2. The number of nitrogens with one attached hydrogen (secondary N) is 2. The Morgan fingerprint density at radius 2 is 1.78 bits per heavy atom. The van der Waals surface area contributed by atoms with Crippen LogP contribution >= 0.6 is 11.6 Å². The number of hydrogen-bond acceptors (Lipinski definition) is 4. The van der Waals surface area contributed by atoms with Gasteiger partial charge in [-0.1, -0.05) is 42.8 Å². The van der Waals surface area contributed by atoms with Gasteiger partial charge in [-0.2, -0.15) is 5.10 Å². The number of hydrazone groups is 1. The van der Waals surface area contributed by atoms with Gasteiger partial charge in [0.2, 0.25) is 0 Å². The summed E-state index contributed by atoms with van der Waals surface area (Å²) in [4.78, 5) is 24.0. The zero-order valence-corrected chi connectivity index (χ0v) is 18.0. The molecule has 0 radical (unpaired) electrons. The fraction of sp³-hybridized carbons (Fsp3) is 0.125. The average molecular weight is 454 g/mol. The van der Waals surface area contributed by atoms with Crippen molar-refractivity contribution in [2.75, 3.05) is 5.32 Å². The highest BCUT2D eigenvalue weighted by Gasteiger charge is 2.14. The van der Waals surface area contributed by atoms with Crippen molar-refractivity contribution in [3.8, 4) is 5.75 Å². The molecular formula is C24H21ClFN3O3. The molecule has 0 bridgehead atoms. The van der Waals surface area contributed by atoms with Gasteiger partial charge in [-0.3, -0.25) is 9.59 Å². The zero-order valence-electron chi connectivity index (χ0n) is 17.3. The monoisotopic (exact) mass is 453 g/mol. The molecule has 164 valence electrons. The second-order valence-corrected chi connectivity index (χ2v) is 7.13. The number of para-hydroxylation sites is 1. The van der Waals surface area contributed by atoms with Crippen molar-refractivity contribution >= 4 is 35.3 Å². The summed E-state index contributed by atoms with van der Waals surface area (Å²) in [5, 5.41) is 6.67. The van der Waals surface area contributed by atoms with E-state index >= 15 is 0 Å². The van der Waals surface area contributed by atoms with Gasteiger partial charge in [-0.15, -0.1) is 0 Å². The van der Waals surface area contributed by atoms with Gasteiger partial charge in [0, 0.05) is 11.3 Å². The number of benzene rings is 3. The Kier molecular flexibility index (Phi) is 7.94. The topological polar surface area (TPSA) is 79.8 Å². The Morgan fingerprint density at radius 1 is 1.03 bits per heavy atom. The third-order valence-corrected chi connectivity index (χ3v) is 4.91. The molecule has 0 heterocycles. The molecular weight excluding hydrogens is 433 g/mol. The molecule has 0 saturated carbocycles. The number of carbonyl (C=O) groups excluding carboxylic acids is 2. The molecule has 3 aromatic carbocycles. The van der Waals surface area contributed by atoms with Crippen LogP contribution in [0.3, 0.4) is 0 Å². The standard InChI is InChI=1S/C24H21ClFN3O3/c1-2-17-6-3-4-9-22(17)28-23(30)24(31)29-27-14-16-10-12-18(13-11-16)32-15-19-20(25)7-5-8-21(19)26/h3-14H,2,15H2,1H3,(H,28,30)(H,29,31)/b27-14+. The average Bonchev–Trinajstić information content (AvgIpc) is 2.80. The number of aryl methyl sites for hydroxylation is 1. The second kappa shape index (κ2) is 11.1. The Labute approximate surface area is 190 Å². The summed E-state index contributed by atoms with van der Waals surface area (Å²) in [5.74, 6) is -1.61. The minimum Gasteiger partial charge on any atom is -0.489 e. The SMILES string of the molecule is CCc1ccccc1NC(=O)C(=O)N/N=C/c1ccc(OCc2c(F)cccc2Cl)cc1. The van der Waals surface area contributed by atoms with Gasteiger partial charge in [0.05, 0.1) is 11.2 Å². The Hall–Kier alpha value is -3.71. The van der Waals surface area contributed by atoms with E-state index in [0.29, 0.717) is 22.0 Å². The van der Waals surface area contributed by atoms with Gasteiger partial charge in [0.15, 0.2) is 0 Å². The van der Waals surface area contributed by atoms with Gasteiger partial charge in [0.1, 0.15) is 18.2 Å². The molecule has 0 aliphatic rings. The summed E-state index contributed by atoms with van der Waals surface area (Å²) in [6.45, 7) is 1.95. The second-order valence-electron chi connectivity index (χ2n) is 6.72. The Balaban J connectivity index is 1.51. The molecule has 0 aliphatic carbocycles. The van der Waals surface area contributed by atoms with Gasteiger partial charge in [-0.05, 0) is 60.0 Å². The van der Waals surface area contributed by atoms with Crippen LogP contribution in [0.2, 0.25) is 5.02 Å². The highest BCUT2D eigenvalue weighted by atomic mass is 35.5. The summed E-state index contributed by atoms with van der Waals surface area (Å²) in [7, 11) is 0. The van der Waals surface area contributed by atoms with Crippen molar-refractivity contribution in [2.45, 2.75) is 20.0 Å². The zero-order chi connectivity index (χ0) is 22.9. The molecule has 2 N–H and O–H groups in total. The first-order chi connectivity index (χ1) is 15.5. The molecule has 3 rings (SSSR count). The van der Waals surface area contributed by atoms with E-state index < -0.39 is 17.6 Å². The van der Waals surface area contributed by atoms with Crippen LogP contribution in [0.4, 0.5) is 10.1 Å². The molecule has 0 atom stereocenters. The minimum atomic E-state index is -0.881. The van der Waals surface area contributed by atoms with Crippen molar-refractivity contribution in [1.82, 2.24) is 5.43 Å². The number of amides is 2. The number of carbonyl (C=O) groups is 2. The van der Waals surface area contributed by atoms with Crippen LogP contribution in [0, 0.1) is 5.82 Å². The quantitative estimate of drug-likeness (QED) is 0.309. The van der Waals surface area contributed by atoms with Gasteiger partial charge in [0.25, 0.3) is 0 Å². The highest BCUT2D eigenvalue weighted by Crippen LogP contribution is 2.21. The molecule has 0 saturated heterocycles. The number of anilines is 1. The Bertz CT molecular complexity index is 1110. The molecule has 2 amide bonds. The third-order valence-electron chi connectivity index (χ3n) is 4.56. The summed E-state index contributed by atoms with van der Waals surface area (Å²) in [5.41, 5.74) is 4.66. The predicted octanol–water partition coefficient (Wildman–Crippen LogP) is 4.71. The smallest absolute Gasteiger partial charge is 0.329 e. The molecule has 0 aliphatic heterocycles. The number of hydrogen-bond donors (Lipinski definition) is 2. The summed E-state index contributed by atoms with van der Waals surface area (Å²) in [6.07, 6.45) is 2.12. The summed E-state index contributed by atoms with van der Waals surface area (Å²) < 4.78 is 19.4. The van der Waals surface area contributed by atoms with Gasteiger partial charge >= 0.3 is 11.8 Å². The van der Waals surface area contributed by atoms with E-state index in [4.69, 9.17) is 16.3 Å². The molecule has 6 nitrogen and oxygen atoms in total. The van der Waals surface area contributed by atoms with Crippen LogP contribution in [-0.2, 0) is 22.6 Å². The third kappa shape index (κ3) is 6.15. The minimum absolute atomic E-state index is 0.00866. The lowest BCUT2D eigenvalue weighted by atomic mass is 10.1. The van der Waals surface area contributed by atoms with E-state index in [1.807, 2.05) is 19.1 Å². The first kappa shape index (κ1) is 23.0. The molecule has 32 heavy (non-hydrogen) atoms. The normalized spacial score (nSPS) is 10.7. The largest absolute Gasteiger partial charge is 0.489 e. The van der Waals surface area contributed by atoms with E-state index in [2.05, 4.69) is 15.8 Å². The number of ether oxygens (including phenoxy) is 1. The van der Waals surface area contributed by atoms with Crippen LogP contribution in [-0.4, -0.2) is 18.0 Å². The molecule has 0 fully saturated rings. The van der Waals surface area contributed by atoms with E-state index in [1.165, 1.54) is 18.3 Å². The summed E-state index contributed by atoms with van der Waals surface area (Å²) in [6, 6.07) is 18.5. The number of halogens is 2. The highest BCUT2D eigenvalue weighted by molar-refractivity contribution is 6.39. The van der Waals surface area contributed by atoms with E-state index in [1.54, 1.807) is 42.5 Å². The van der Waals surface area contributed by atoms with Gasteiger partial charge in [-0.25, -0.2) is 9.82 Å². The molecule has 3 aromatic rings. The van der Waals surface area contributed by atoms with Crippen molar-refractivity contribution in [2.24, 2.45) is 5.10 Å². The maximum Gasteiger partial charge on any atom is 0.329 e. The van der Waals surface area contributed by atoms with E-state index in [9.17, 15) is 14.0 Å². The number of nitrogens with zero attached hydrogens (tertiary/aromatic N) is 1. The van der Waals surface area contributed by atoms with Crippen LogP contribution in [0.1, 0.15) is 23.6 Å². The van der Waals surface area contributed by atoms with E-state index in [-0.39, 0.29) is 12.2 Å². The fourth-order valence-electron chi connectivity index (χ4n) is 2.82. The maximum atomic E-state index is 13.8. The van der Waals surface area contributed by atoms with Crippen molar-refractivity contribution in [3.05, 3.63) is 94.3 Å². The van der Waals surface area contributed by atoms with Crippen LogP contribution in [0.15, 0.2) is 71.8 Å². The Morgan fingerprint density at radius 3 is 2.50 bits per heavy atom. The van der Waals surface area contributed by atoms with Crippen LogP contribution in [0.5, 0.6) is 5.75 Å². The fourth-order valence-corrected chi connectivity index (χ4v) is 3.04. The summed E-state index contributed by atoms with van der Waals surface area (Å²) >= 11 is 5.99. The molecule has 0 spiro atoms. The van der Waals surface area contributed by atoms with Crippen LogP contribution in [0.25, 0.3) is 0 Å². The van der Waals surface area contributed by atoms with Gasteiger partial charge < -0.3 is 10.1 Å². The lowest BCUT2D eigenvalue weighted by molar-refractivity contribution is -0.136. The van der Waals surface area contributed by atoms with Crippen molar-refractivity contribution in [3.63, 3.8) is 0 Å². The van der Waals surface area contributed by atoms with E-state index in [0.717, 1.165) is 12.0 Å². The molecule has 0 unspecified atom stereocenters. The maximum absolute atomic E-state index is 13.8. The molecule has 8 heteroatoms. The van der Waals surface area contributed by atoms with Crippen molar-refractivity contribution < 1.29 is 18.7 Å². The molecule has 0 aromatic heterocycles. The lowest BCUT2D eigenvalue weighted by Crippen LogP contribution is -2.32. The lowest BCUT2D eigenvalue weighted by Gasteiger charge is -2.09. The first-order valence-electron chi connectivity index (χ1n) is 9.86. The predicted molar refractivity (Wildman–Crippen MR) is 122 cm³/mol. The number of rotatable bonds is 7. The van der Waals surface area contributed by atoms with Crippen LogP contribution < -0.4 is 15.5 Å². The van der Waals surface area contributed by atoms with Crippen molar-refractivity contribution in [1.29, 1.82) is 0 Å².